The van der Waals surface area contributed by atoms with E-state index in [-0.39, 0.29) is 5.78 Å². The normalized spacial score (nSPS) is 10.4. The van der Waals surface area contributed by atoms with Crippen molar-refractivity contribution in [2.75, 3.05) is 6.61 Å². The zero-order valence-corrected chi connectivity index (χ0v) is 12.3. The molecule has 106 valence electrons. The molecule has 0 aliphatic rings. The third-order valence-corrected chi connectivity index (χ3v) is 3.20. The molecule has 0 saturated heterocycles. The fraction of sp³-hybridized carbons (Fsp3) is 0.588. The van der Waals surface area contributed by atoms with Crippen molar-refractivity contribution in [3.63, 3.8) is 0 Å². The van der Waals surface area contributed by atoms with Crippen LogP contribution in [0.4, 0.5) is 0 Å². The second kappa shape index (κ2) is 9.60. The molecule has 0 amide bonds. The molecule has 0 aliphatic carbocycles. The Labute approximate surface area is 117 Å². The van der Waals surface area contributed by atoms with Gasteiger partial charge < -0.3 is 4.74 Å². The summed E-state index contributed by atoms with van der Waals surface area (Å²) in [6.45, 7) is 5.07. The third-order valence-electron chi connectivity index (χ3n) is 3.20. The topological polar surface area (TPSA) is 26.3 Å². The smallest absolute Gasteiger partial charge is 0.162 e. The Hall–Kier alpha value is -1.31. The first-order valence-corrected chi connectivity index (χ1v) is 7.54. The summed E-state index contributed by atoms with van der Waals surface area (Å²) in [4.78, 5) is 11.9. The number of unbranched alkanes of at least 4 members (excludes halogenated alkanes) is 4. The lowest BCUT2D eigenvalue weighted by molar-refractivity contribution is 0.0979. The van der Waals surface area contributed by atoms with E-state index in [2.05, 4.69) is 13.8 Å². The first-order chi connectivity index (χ1) is 9.27. The number of Topliss-reactive ketones (excluding diaryl/α,β-unsaturated/α-hetero) is 1. The maximum atomic E-state index is 11.9. The SMILES string of the molecule is CCCCCCC(=O)c1ccc(OCCCC)cc1. The molecule has 0 radical (unpaired) electrons. The maximum absolute atomic E-state index is 11.9. The fourth-order valence-electron chi connectivity index (χ4n) is 1.93. The van der Waals surface area contributed by atoms with Gasteiger partial charge in [0.25, 0.3) is 0 Å². The van der Waals surface area contributed by atoms with E-state index in [1.165, 1.54) is 12.8 Å². The van der Waals surface area contributed by atoms with Crippen molar-refractivity contribution in [3.05, 3.63) is 29.8 Å². The summed E-state index contributed by atoms with van der Waals surface area (Å²) >= 11 is 0. The van der Waals surface area contributed by atoms with E-state index in [0.29, 0.717) is 6.42 Å². The van der Waals surface area contributed by atoms with E-state index in [1.807, 2.05) is 24.3 Å². The summed E-state index contributed by atoms with van der Waals surface area (Å²) in [6.07, 6.45) is 7.44. The largest absolute Gasteiger partial charge is 0.494 e. The van der Waals surface area contributed by atoms with Crippen LogP contribution in [-0.2, 0) is 0 Å². The molecule has 2 nitrogen and oxygen atoms in total. The van der Waals surface area contributed by atoms with Gasteiger partial charge in [-0.2, -0.15) is 0 Å². The molecule has 0 bridgehead atoms. The second-order valence-electron chi connectivity index (χ2n) is 4.96. The van der Waals surface area contributed by atoms with Crippen molar-refractivity contribution in [3.8, 4) is 5.75 Å². The highest BCUT2D eigenvalue weighted by Gasteiger charge is 2.05. The standard InChI is InChI=1S/C17H26O2/c1-3-5-7-8-9-17(18)15-10-12-16(13-11-15)19-14-6-4-2/h10-13H,3-9,14H2,1-2H3. The van der Waals surface area contributed by atoms with Gasteiger partial charge in [-0.25, -0.2) is 0 Å². The Balaban J connectivity index is 2.35. The van der Waals surface area contributed by atoms with E-state index in [0.717, 1.165) is 43.6 Å². The Bertz CT molecular complexity index is 354. The zero-order valence-electron chi connectivity index (χ0n) is 12.3. The van der Waals surface area contributed by atoms with Crippen LogP contribution in [0.3, 0.4) is 0 Å². The van der Waals surface area contributed by atoms with E-state index >= 15 is 0 Å². The van der Waals surface area contributed by atoms with Gasteiger partial charge >= 0.3 is 0 Å². The number of carbonyl (C=O) groups is 1. The monoisotopic (exact) mass is 262 g/mol. The third kappa shape index (κ3) is 6.42. The highest BCUT2D eigenvalue weighted by atomic mass is 16.5. The Morgan fingerprint density at radius 3 is 2.26 bits per heavy atom. The number of ketones is 1. The van der Waals surface area contributed by atoms with Crippen LogP contribution in [0.2, 0.25) is 0 Å². The molecule has 1 rings (SSSR count). The molecule has 0 aromatic heterocycles. The minimum Gasteiger partial charge on any atom is -0.494 e. The average Bonchev–Trinajstić information content (AvgIpc) is 2.44. The van der Waals surface area contributed by atoms with Crippen molar-refractivity contribution >= 4 is 5.78 Å². The fourth-order valence-corrected chi connectivity index (χ4v) is 1.93. The molecule has 0 spiro atoms. The van der Waals surface area contributed by atoms with Gasteiger partial charge in [0.15, 0.2) is 5.78 Å². The Kier molecular flexibility index (Phi) is 7.95. The summed E-state index contributed by atoms with van der Waals surface area (Å²) in [5.41, 5.74) is 0.805. The van der Waals surface area contributed by atoms with E-state index < -0.39 is 0 Å². The lowest BCUT2D eigenvalue weighted by Crippen LogP contribution is -2.00. The van der Waals surface area contributed by atoms with Crippen molar-refractivity contribution < 1.29 is 9.53 Å². The minimum atomic E-state index is 0.246. The van der Waals surface area contributed by atoms with Gasteiger partial charge in [0, 0.05) is 12.0 Å². The Morgan fingerprint density at radius 1 is 0.947 bits per heavy atom. The van der Waals surface area contributed by atoms with Crippen LogP contribution < -0.4 is 4.74 Å². The highest BCUT2D eigenvalue weighted by Crippen LogP contribution is 2.15. The number of ether oxygens (including phenoxy) is 1. The van der Waals surface area contributed by atoms with Crippen LogP contribution in [0.15, 0.2) is 24.3 Å². The molecule has 1 aromatic carbocycles. The second-order valence-corrected chi connectivity index (χ2v) is 4.96. The summed E-state index contributed by atoms with van der Waals surface area (Å²) in [5, 5.41) is 0. The molecular formula is C17H26O2. The Morgan fingerprint density at radius 2 is 1.63 bits per heavy atom. The summed E-state index contributed by atoms with van der Waals surface area (Å²) in [7, 11) is 0. The van der Waals surface area contributed by atoms with E-state index in [9.17, 15) is 4.79 Å². The average molecular weight is 262 g/mol. The van der Waals surface area contributed by atoms with Gasteiger partial charge in [0.05, 0.1) is 6.61 Å². The molecule has 2 heteroatoms. The van der Waals surface area contributed by atoms with Gasteiger partial charge in [-0.3, -0.25) is 4.79 Å². The number of carbonyl (C=O) groups excluding carboxylic acids is 1. The molecular weight excluding hydrogens is 236 g/mol. The van der Waals surface area contributed by atoms with Crippen LogP contribution in [0.1, 0.15) is 69.2 Å². The maximum Gasteiger partial charge on any atom is 0.162 e. The predicted octanol–water partition coefficient (Wildman–Crippen LogP) is 5.02. The number of hydrogen-bond donors (Lipinski definition) is 0. The predicted molar refractivity (Wildman–Crippen MR) is 79.9 cm³/mol. The van der Waals surface area contributed by atoms with Crippen LogP contribution >= 0.6 is 0 Å². The zero-order chi connectivity index (χ0) is 13.9. The molecule has 19 heavy (non-hydrogen) atoms. The molecule has 0 unspecified atom stereocenters. The van der Waals surface area contributed by atoms with Crippen molar-refractivity contribution in [1.82, 2.24) is 0 Å². The van der Waals surface area contributed by atoms with Crippen molar-refractivity contribution in [2.45, 2.75) is 58.8 Å². The van der Waals surface area contributed by atoms with Crippen molar-refractivity contribution in [1.29, 1.82) is 0 Å². The van der Waals surface area contributed by atoms with E-state index in [1.54, 1.807) is 0 Å². The molecule has 0 saturated carbocycles. The molecule has 0 atom stereocenters. The molecule has 0 fully saturated rings. The van der Waals surface area contributed by atoms with Gasteiger partial charge in [-0.05, 0) is 37.1 Å². The first kappa shape index (κ1) is 15.7. The van der Waals surface area contributed by atoms with Gasteiger partial charge in [-0.15, -0.1) is 0 Å². The van der Waals surface area contributed by atoms with Crippen LogP contribution in [-0.4, -0.2) is 12.4 Å². The van der Waals surface area contributed by atoms with Gasteiger partial charge in [0.1, 0.15) is 5.75 Å². The summed E-state index contributed by atoms with van der Waals surface area (Å²) < 4.78 is 5.58. The van der Waals surface area contributed by atoms with Crippen LogP contribution in [0.5, 0.6) is 5.75 Å². The van der Waals surface area contributed by atoms with Crippen molar-refractivity contribution in [2.24, 2.45) is 0 Å². The lowest BCUT2D eigenvalue weighted by Gasteiger charge is -2.06. The van der Waals surface area contributed by atoms with Crippen LogP contribution in [0.25, 0.3) is 0 Å². The highest BCUT2D eigenvalue weighted by molar-refractivity contribution is 5.96. The summed E-state index contributed by atoms with van der Waals surface area (Å²) in [5.74, 6) is 1.10. The number of rotatable bonds is 10. The molecule has 0 heterocycles. The quantitative estimate of drug-likeness (QED) is 0.437. The molecule has 1 aromatic rings. The number of hydrogen-bond acceptors (Lipinski definition) is 2. The van der Waals surface area contributed by atoms with Crippen LogP contribution in [0, 0.1) is 0 Å². The van der Waals surface area contributed by atoms with E-state index in [4.69, 9.17) is 4.74 Å². The molecule has 0 aliphatic heterocycles. The van der Waals surface area contributed by atoms with Gasteiger partial charge in [-0.1, -0.05) is 39.5 Å². The first-order valence-electron chi connectivity index (χ1n) is 7.54. The molecule has 0 N–H and O–H groups in total. The van der Waals surface area contributed by atoms with Gasteiger partial charge in [0.2, 0.25) is 0 Å². The lowest BCUT2D eigenvalue weighted by atomic mass is 10.0. The minimum absolute atomic E-state index is 0.246. The summed E-state index contributed by atoms with van der Waals surface area (Å²) in [6, 6.07) is 7.55. The number of benzene rings is 1.